The average molecular weight is 324 g/mol. The molecule has 126 valence electrons. The second-order valence-corrected chi connectivity index (χ2v) is 5.71. The first-order valence-electron chi connectivity index (χ1n) is 8.24. The molecule has 4 nitrogen and oxygen atoms in total. The standard InChI is InChI=1S/C20H24N2O2/c1-3-18(20(24)21-2)22(15-17-12-8-5-9-13-17)19(23)14-16-10-6-4-7-11-16/h4-13,18H,3,14-15H2,1-2H3,(H,21,24). The van der Waals surface area contributed by atoms with Crippen molar-refractivity contribution in [3.63, 3.8) is 0 Å². The number of carbonyl (C=O) groups excluding carboxylic acids is 2. The van der Waals surface area contributed by atoms with E-state index in [1.54, 1.807) is 11.9 Å². The van der Waals surface area contributed by atoms with E-state index >= 15 is 0 Å². The molecule has 2 rings (SSSR count). The van der Waals surface area contributed by atoms with E-state index < -0.39 is 6.04 Å². The molecule has 1 N–H and O–H groups in total. The van der Waals surface area contributed by atoms with Crippen molar-refractivity contribution in [3.8, 4) is 0 Å². The van der Waals surface area contributed by atoms with Gasteiger partial charge in [-0.2, -0.15) is 0 Å². The Balaban J connectivity index is 2.23. The van der Waals surface area contributed by atoms with Crippen LogP contribution in [0.5, 0.6) is 0 Å². The highest BCUT2D eigenvalue weighted by molar-refractivity contribution is 5.88. The van der Waals surface area contributed by atoms with Crippen LogP contribution in [0, 0.1) is 0 Å². The van der Waals surface area contributed by atoms with Crippen LogP contribution in [0.3, 0.4) is 0 Å². The molecule has 0 bridgehead atoms. The topological polar surface area (TPSA) is 49.4 Å². The minimum Gasteiger partial charge on any atom is -0.357 e. The molecule has 2 aromatic carbocycles. The molecular weight excluding hydrogens is 300 g/mol. The quantitative estimate of drug-likeness (QED) is 0.851. The van der Waals surface area contributed by atoms with Crippen LogP contribution in [0.25, 0.3) is 0 Å². The van der Waals surface area contributed by atoms with Crippen LogP contribution in [-0.2, 0) is 22.6 Å². The molecule has 2 aromatic rings. The molecule has 1 unspecified atom stereocenters. The zero-order chi connectivity index (χ0) is 17.4. The van der Waals surface area contributed by atoms with E-state index in [0.29, 0.717) is 19.4 Å². The molecule has 0 aliphatic heterocycles. The molecule has 0 heterocycles. The lowest BCUT2D eigenvalue weighted by Crippen LogP contribution is -2.48. The molecule has 0 spiro atoms. The van der Waals surface area contributed by atoms with Gasteiger partial charge in [0.25, 0.3) is 0 Å². The van der Waals surface area contributed by atoms with Gasteiger partial charge >= 0.3 is 0 Å². The maximum Gasteiger partial charge on any atom is 0.242 e. The zero-order valence-corrected chi connectivity index (χ0v) is 14.2. The normalized spacial score (nSPS) is 11.6. The first kappa shape index (κ1) is 17.7. The molecule has 1 atom stereocenters. The van der Waals surface area contributed by atoms with E-state index in [4.69, 9.17) is 0 Å². The summed E-state index contributed by atoms with van der Waals surface area (Å²) in [6, 6.07) is 18.9. The number of likely N-dealkylation sites (N-methyl/N-ethyl adjacent to an activating group) is 1. The Morgan fingerprint density at radius 2 is 1.50 bits per heavy atom. The summed E-state index contributed by atoms with van der Waals surface area (Å²) in [5.74, 6) is -0.171. The van der Waals surface area contributed by atoms with Crippen LogP contribution in [0.2, 0.25) is 0 Å². The SMILES string of the molecule is CCC(C(=O)NC)N(Cc1ccccc1)C(=O)Cc1ccccc1. The number of nitrogens with one attached hydrogen (secondary N) is 1. The van der Waals surface area contributed by atoms with Gasteiger partial charge in [-0.1, -0.05) is 67.6 Å². The van der Waals surface area contributed by atoms with Crippen molar-refractivity contribution in [2.24, 2.45) is 0 Å². The largest absolute Gasteiger partial charge is 0.357 e. The van der Waals surface area contributed by atoms with Gasteiger partial charge in [0.05, 0.1) is 6.42 Å². The van der Waals surface area contributed by atoms with Gasteiger partial charge in [0.2, 0.25) is 11.8 Å². The molecule has 4 heteroatoms. The summed E-state index contributed by atoms with van der Waals surface area (Å²) in [5, 5.41) is 2.67. The number of rotatable bonds is 7. The Hall–Kier alpha value is -2.62. The third-order valence-corrected chi connectivity index (χ3v) is 4.03. The van der Waals surface area contributed by atoms with Crippen molar-refractivity contribution in [1.29, 1.82) is 0 Å². The average Bonchev–Trinajstić information content (AvgIpc) is 2.63. The fourth-order valence-corrected chi connectivity index (χ4v) is 2.74. The van der Waals surface area contributed by atoms with Crippen LogP contribution in [0.15, 0.2) is 60.7 Å². The number of carbonyl (C=O) groups is 2. The minimum absolute atomic E-state index is 0.0412. The van der Waals surface area contributed by atoms with Crippen LogP contribution in [0.4, 0.5) is 0 Å². The zero-order valence-electron chi connectivity index (χ0n) is 14.2. The van der Waals surface area contributed by atoms with Gasteiger partial charge in [0, 0.05) is 13.6 Å². The lowest BCUT2D eigenvalue weighted by Gasteiger charge is -2.30. The summed E-state index contributed by atoms with van der Waals surface area (Å²) in [5.41, 5.74) is 1.97. The molecule has 24 heavy (non-hydrogen) atoms. The fraction of sp³-hybridized carbons (Fsp3) is 0.300. The van der Waals surface area contributed by atoms with Gasteiger partial charge in [-0.05, 0) is 17.5 Å². The Morgan fingerprint density at radius 1 is 0.958 bits per heavy atom. The fourth-order valence-electron chi connectivity index (χ4n) is 2.74. The maximum atomic E-state index is 12.9. The molecule has 0 saturated carbocycles. The van der Waals surface area contributed by atoms with Gasteiger partial charge in [-0.15, -0.1) is 0 Å². The van der Waals surface area contributed by atoms with E-state index in [-0.39, 0.29) is 11.8 Å². The highest BCUT2D eigenvalue weighted by Gasteiger charge is 2.27. The molecular formula is C20H24N2O2. The second-order valence-electron chi connectivity index (χ2n) is 5.71. The van der Waals surface area contributed by atoms with Crippen molar-refractivity contribution in [2.75, 3.05) is 7.05 Å². The third-order valence-electron chi connectivity index (χ3n) is 4.03. The van der Waals surface area contributed by atoms with Crippen molar-refractivity contribution >= 4 is 11.8 Å². The van der Waals surface area contributed by atoms with Gasteiger partial charge in [-0.3, -0.25) is 9.59 Å². The summed E-state index contributed by atoms with van der Waals surface area (Å²) < 4.78 is 0. The Morgan fingerprint density at radius 3 is 2.00 bits per heavy atom. The Labute approximate surface area is 143 Å². The smallest absolute Gasteiger partial charge is 0.242 e. The molecule has 0 radical (unpaired) electrons. The summed E-state index contributed by atoms with van der Waals surface area (Å²) >= 11 is 0. The predicted molar refractivity (Wildman–Crippen MR) is 95.3 cm³/mol. The summed E-state index contributed by atoms with van der Waals surface area (Å²) in [4.78, 5) is 26.8. The summed E-state index contributed by atoms with van der Waals surface area (Å²) in [6.07, 6.45) is 0.869. The van der Waals surface area contributed by atoms with Crippen molar-refractivity contribution in [3.05, 3.63) is 71.8 Å². The van der Waals surface area contributed by atoms with E-state index in [1.807, 2.05) is 67.6 Å². The molecule has 0 saturated heterocycles. The van der Waals surface area contributed by atoms with E-state index in [0.717, 1.165) is 11.1 Å². The summed E-state index contributed by atoms with van der Waals surface area (Å²) in [7, 11) is 1.60. The maximum absolute atomic E-state index is 12.9. The van der Waals surface area contributed by atoms with Gasteiger partial charge in [-0.25, -0.2) is 0 Å². The third kappa shape index (κ3) is 4.69. The molecule has 2 amide bonds. The lowest BCUT2D eigenvalue weighted by molar-refractivity contribution is -0.140. The van der Waals surface area contributed by atoms with E-state index in [9.17, 15) is 9.59 Å². The molecule has 0 aromatic heterocycles. The minimum atomic E-state index is -0.466. The molecule has 0 aliphatic rings. The van der Waals surface area contributed by atoms with Crippen LogP contribution in [-0.4, -0.2) is 29.8 Å². The van der Waals surface area contributed by atoms with Crippen molar-refractivity contribution in [2.45, 2.75) is 32.4 Å². The first-order chi connectivity index (χ1) is 11.7. The van der Waals surface area contributed by atoms with E-state index in [1.165, 1.54) is 0 Å². The van der Waals surface area contributed by atoms with Gasteiger partial charge < -0.3 is 10.2 Å². The highest BCUT2D eigenvalue weighted by Crippen LogP contribution is 2.14. The number of amides is 2. The Bertz CT molecular complexity index is 656. The van der Waals surface area contributed by atoms with Crippen LogP contribution >= 0.6 is 0 Å². The summed E-state index contributed by atoms with van der Waals surface area (Å²) in [6.45, 7) is 2.35. The van der Waals surface area contributed by atoms with Gasteiger partial charge in [0.15, 0.2) is 0 Å². The number of nitrogens with zero attached hydrogens (tertiary/aromatic N) is 1. The van der Waals surface area contributed by atoms with E-state index in [2.05, 4.69) is 5.32 Å². The monoisotopic (exact) mass is 324 g/mol. The van der Waals surface area contributed by atoms with Crippen molar-refractivity contribution < 1.29 is 9.59 Å². The van der Waals surface area contributed by atoms with Crippen molar-refractivity contribution in [1.82, 2.24) is 10.2 Å². The molecule has 0 fully saturated rings. The number of benzene rings is 2. The number of hydrogen-bond acceptors (Lipinski definition) is 2. The van der Waals surface area contributed by atoms with Crippen LogP contribution < -0.4 is 5.32 Å². The van der Waals surface area contributed by atoms with Crippen LogP contribution in [0.1, 0.15) is 24.5 Å². The highest BCUT2D eigenvalue weighted by atomic mass is 16.2. The first-order valence-corrected chi connectivity index (χ1v) is 8.24. The van der Waals surface area contributed by atoms with Gasteiger partial charge in [0.1, 0.15) is 6.04 Å². The Kier molecular flexibility index (Phi) is 6.55. The second kappa shape index (κ2) is 8.87. The molecule has 0 aliphatic carbocycles. The number of hydrogen-bond donors (Lipinski definition) is 1. The lowest BCUT2D eigenvalue weighted by atomic mass is 10.1. The predicted octanol–water partition coefficient (Wildman–Crippen LogP) is 2.78.